The lowest BCUT2D eigenvalue weighted by Crippen LogP contribution is -2.25. The third-order valence-corrected chi connectivity index (χ3v) is 4.51. The van der Waals surface area contributed by atoms with Crippen molar-refractivity contribution < 1.29 is 8.42 Å². The summed E-state index contributed by atoms with van der Waals surface area (Å²) >= 11 is 0. The molecule has 0 radical (unpaired) electrons. The SMILES string of the molecule is CC1=NC=C(CN2CCCC2)S1(=O)=O. The van der Waals surface area contributed by atoms with Gasteiger partial charge >= 0.3 is 0 Å². The Balaban J connectivity index is 2.08. The summed E-state index contributed by atoms with van der Waals surface area (Å²) in [6, 6.07) is 0. The molecule has 0 aromatic heterocycles. The number of aliphatic imine (C=N–C) groups is 1. The third-order valence-electron chi connectivity index (χ3n) is 2.70. The van der Waals surface area contributed by atoms with Crippen LogP contribution < -0.4 is 0 Å². The minimum absolute atomic E-state index is 0.228. The average Bonchev–Trinajstić information content (AvgIpc) is 2.70. The lowest BCUT2D eigenvalue weighted by molar-refractivity contribution is 0.373. The van der Waals surface area contributed by atoms with Crippen LogP contribution in [0.3, 0.4) is 0 Å². The van der Waals surface area contributed by atoms with Gasteiger partial charge < -0.3 is 0 Å². The highest BCUT2D eigenvalue weighted by atomic mass is 32.2. The number of rotatable bonds is 2. The van der Waals surface area contributed by atoms with Crippen molar-refractivity contribution in [2.75, 3.05) is 19.6 Å². The van der Waals surface area contributed by atoms with Crippen LogP contribution in [0.1, 0.15) is 19.8 Å². The molecule has 0 atom stereocenters. The standard InChI is InChI=1S/C9H14N2O2S/c1-8-10-6-9(14(8,12)13)7-11-4-2-3-5-11/h6H,2-5,7H2,1H3. The summed E-state index contributed by atoms with van der Waals surface area (Å²) in [5, 5.41) is 0.228. The summed E-state index contributed by atoms with van der Waals surface area (Å²) in [4.78, 5) is 6.47. The van der Waals surface area contributed by atoms with Crippen molar-refractivity contribution in [1.82, 2.24) is 4.90 Å². The van der Waals surface area contributed by atoms with Crippen LogP contribution in [0, 0.1) is 0 Å². The Morgan fingerprint density at radius 3 is 2.57 bits per heavy atom. The lowest BCUT2D eigenvalue weighted by Gasteiger charge is -2.14. The van der Waals surface area contributed by atoms with E-state index in [9.17, 15) is 8.42 Å². The molecule has 0 N–H and O–H groups in total. The molecule has 0 spiro atoms. The fourth-order valence-corrected chi connectivity index (χ4v) is 2.89. The zero-order chi connectivity index (χ0) is 10.2. The zero-order valence-electron chi connectivity index (χ0n) is 8.23. The second kappa shape index (κ2) is 3.47. The zero-order valence-corrected chi connectivity index (χ0v) is 9.05. The van der Waals surface area contributed by atoms with Gasteiger partial charge in [0.2, 0.25) is 9.84 Å². The molecule has 2 heterocycles. The van der Waals surface area contributed by atoms with Crippen LogP contribution >= 0.6 is 0 Å². The maximum Gasteiger partial charge on any atom is 0.218 e. The maximum absolute atomic E-state index is 11.7. The molecule has 0 bridgehead atoms. The number of hydrogen-bond donors (Lipinski definition) is 0. The molecule has 0 amide bonds. The first-order chi connectivity index (χ1) is 6.60. The van der Waals surface area contributed by atoms with Gasteiger partial charge in [0.05, 0.1) is 4.91 Å². The van der Waals surface area contributed by atoms with Crippen LogP contribution in [0.2, 0.25) is 0 Å². The first-order valence-corrected chi connectivity index (χ1v) is 6.30. The highest BCUT2D eigenvalue weighted by molar-refractivity contribution is 8.09. The highest BCUT2D eigenvalue weighted by Gasteiger charge is 2.28. The molecule has 0 aromatic carbocycles. The summed E-state index contributed by atoms with van der Waals surface area (Å²) in [6.07, 6.45) is 3.84. The van der Waals surface area contributed by atoms with E-state index in [1.54, 1.807) is 6.92 Å². The van der Waals surface area contributed by atoms with Crippen molar-refractivity contribution in [3.63, 3.8) is 0 Å². The first-order valence-electron chi connectivity index (χ1n) is 4.81. The van der Waals surface area contributed by atoms with Gasteiger partial charge in [0.15, 0.2) is 0 Å². The fourth-order valence-electron chi connectivity index (χ4n) is 1.78. The molecule has 78 valence electrons. The molecule has 4 nitrogen and oxygen atoms in total. The molecule has 14 heavy (non-hydrogen) atoms. The van der Waals surface area contributed by atoms with E-state index in [-0.39, 0.29) is 5.04 Å². The Hall–Kier alpha value is -0.680. The summed E-state index contributed by atoms with van der Waals surface area (Å²) in [5.74, 6) is 0. The van der Waals surface area contributed by atoms with Crippen LogP contribution in [0.25, 0.3) is 0 Å². The van der Waals surface area contributed by atoms with Gasteiger partial charge in [-0.05, 0) is 32.9 Å². The predicted molar refractivity (Wildman–Crippen MR) is 55.8 cm³/mol. The van der Waals surface area contributed by atoms with Crippen molar-refractivity contribution in [2.24, 2.45) is 4.99 Å². The molecule has 2 aliphatic rings. The molecule has 0 aromatic rings. The van der Waals surface area contributed by atoms with Crippen molar-refractivity contribution >= 4 is 14.9 Å². The van der Waals surface area contributed by atoms with E-state index in [4.69, 9.17) is 0 Å². The van der Waals surface area contributed by atoms with Crippen LogP contribution in [-0.2, 0) is 9.84 Å². The normalized spacial score (nSPS) is 26.4. The fraction of sp³-hybridized carbons (Fsp3) is 0.667. The Labute approximate surface area is 84.2 Å². The van der Waals surface area contributed by atoms with Crippen molar-refractivity contribution in [1.29, 1.82) is 0 Å². The molecule has 0 saturated carbocycles. The number of likely N-dealkylation sites (tertiary alicyclic amines) is 1. The first kappa shape index (κ1) is 9.86. The van der Waals surface area contributed by atoms with Crippen molar-refractivity contribution in [3.8, 4) is 0 Å². The van der Waals surface area contributed by atoms with E-state index >= 15 is 0 Å². The minimum Gasteiger partial charge on any atom is -0.298 e. The predicted octanol–water partition coefficient (Wildman–Crippen LogP) is 0.770. The molecule has 2 aliphatic heterocycles. The van der Waals surface area contributed by atoms with Gasteiger partial charge in [-0.25, -0.2) is 13.4 Å². The largest absolute Gasteiger partial charge is 0.298 e. The smallest absolute Gasteiger partial charge is 0.218 e. The summed E-state index contributed by atoms with van der Waals surface area (Å²) < 4.78 is 23.3. The maximum atomic E-state index is 11.7. The van der Waals surface area contributed by atoms with Gasteiger partial charge in [-0.3, -0.25) is 4.90 Å². The second-order valence-corrected chi connectivity index (χ2v) is 5.85. The minimum atomic E-state index is -3.18. The number of nitrogens with zero attached hydrogens (tertiary/aromatic N) is 2. The average molecular weight is 214 g/mol. The molecule has 0 unspecified atom stereocenters. The Morgan fingerprint density at radius 2 is 2.07 bits per heavy atom. The van der Waals surface area contributed by atoms with Crippen LogP contribution in [-0.4, -0.2) is 38.0 Å². The number of sulfone groups is 1. The van der Waals surface area contributed by atoms with Gasteiger partial charge in [-0.1, -0.05) is 0 Å². The van der Waals surface area contributed by atoms with E-state index in [1.807, 2.05) is 0 Å². The van der Waals surface area contributed by atoms with Gasteiger partial charge in [-0.15, -0.1) is 0 Å². The lowest BCUT2D eigenvalue weighted by atomic mass is 10.4. The Morgan fingerprint density at radius 1 is 1.43 bits per heavy atom. The molecule has 2 rings (SSSR count). The monoisotopic (exact) mass is 214 g/mol. The van der Waals surface area contributed by atoms with Crippen molar-refractivity contribution in [3.05, 3.63) is 11.1 Å². The van der Waals surface area contributed by atoms with Crippen LogP contribution in [0.4, 0.5) is 0 Å². The van der Waals surface area contributed by atoms with Gasteiger partial charge in [-0.2, -0.15) is 0 Å². The van der Waals surface area contributed by atoms with Crippen LogP contribution in [0.5, 0.6) is 0 Å². The second-order valence-electron chi connectivity index (χ2n) is 3.73. The summed E-state index contributed by atoms with van der Waals surface area (Å²) in [5.41, 5.74) is 0. The molecule has 5 heteroatoms. The highest BCUT2D eigenvalue weighted by Crippen LogP contribution is 2.20. The Kier molecular flexibility index (Phi) is 2.45. The van der Waals surface area contributed by atoms with Gasteiger partial charge in [0, 0.05) is 12.7 Å². The van der Waals surface area contributed by atoms with Crippen LogP contribution in [0.15, 0.2) is 16.1 Å². The quantitative estimate of drug-likeness (QED) is 0.682. The van der Waals surface area contributed by atoms with Crippen molar-refractivity contribution in [2.45, 2.75) is 19.8 Å². The van der Waals surface area contributed by atoms with Gasteiger partial charge in [0.1, 0.15) is 5.04 Å². The van der Waals surface area contributed by atoms with E-state index in [0.717, 1.165) is 13.1 Å². The van der Waals surface area contributed by atoms with E-state index in [2.05, 4.69) is 9.89 Å². The van der Waals surface area contributed by atoms with E-state index in [0.29, 0.717) is 11.4 Å². The van der Waals surface area contributed by atoms with E-state index in [1.165, 1.54) is 19.0 Å². The van der Waals surface area contributed by atoms with E-state index < -0.39 is 9.84 Å². The molecular weight excluding hydrogens is 200 g/mol. The topological polar surface area (TPSA) is 49.7 Å². The Bertz CT molecular complexity index is 389. The third kappa shape index (κ3) is 1.62. The molecule has 1 fully saturated rings. The number of hydrogen-bond acceptors (Lipinski definition) is 4. The molecular formula is C9H14N2O2S. The summed E-state index contributed by atoms with van der Waals surface area (Å²) in [7, 11) is -3.18. The molecule has 0 aliphatic carbocycles. The van der Waals surface area contributed by atoms with Gasteiger partial charge in [0.25, 0.3) is 0 Å². The summed E-state index contributed by atoms with van der Waals surface area (Å²) in [6.45, 7) is 4.09. The molecule has 1 saturated heterocycles.